The standard InChI is InChI=1S/C14H16BrFN2S/c1-14(2,3)12-8-19-13(18-12)7-17-11-5-4-9(16)6-10(11)15/h4-6,8,17H,7H2,1-3H3. The number of nitrogens with one attached hydrogen (secondary N) is 1. The Morgan fingerprint density at radius 3 is 2.68 bits per heavy atom. The molecular formula is C14H16BrFN2S. The molecule has 0 unspecified atom stereocenters. The van der Waals surface area contributed by atoms with Crippen molar-refractivity contribution in [2.24, 2.45) is 0 Å². The van der Waals surface area contributed by atoms with Crippen LogP contribution in [0.5, 0.6) is 0 Å². The third-order valence-electron chi connectivity index (χ3n) is 2.68. The highest BCUT2D eigenvalue weighted by Crippen LogP contribution is 2.26. The lowest BCUT2D eigenvalue weighted by atomic mass is 9.93. The highest BCUT2D eigenvalue weighted by Gasteiger charge is 2.17. The van der Waals surface area contributed by atoms with E-state index in [4.69, 9.17) is 0 Å². The zero-order valence-electron chi connectivity index (χ0n) is 11.1. The second-order valence-electron chi connectivity index (χ2n) is 5.35. The van der Waals surface area contributed by atoms with E-state index < -0.39 is 0 Å². The summed E-state index contributed by atoms with van der Waals surface area (Å²) >= 11 is 4.98. The van der Waals surface area contributed by atoms with E-state index in [1.165, 1.54) is 12.1 Å². The van der Waals surface area contributed by atoms with Crippen molar-refractivity contribution in [3.8, 4) is 0 Å². The second-order valence-corrected chi connectivity index (χ2v) is 7.15. The predicted octanol–water partition coefficient (Wildman–Crippen LogP) is 4.95. The fraction of sp³-hybridized carbons (Fsp3) is 0.357. The van der Waals surface area contributed by atoms with Crippen LogP contribution >= 0.6 is 27.3 Å². The predicted molar refractivity (Wildman–Crippen MR) is 82.2 cm³/mol. The van der Waals surface area contributed by atoms with E-state index in [-0.39, 0.29) is 11.2 Å². The lowest BCUT2D eigenvalue weighted by molar-refractivity contribution is 0.571. The van der Waals surface area contributed by atoms with Gasteiger partial charge in [-0.05, 0) is 34.1 Å². The highest BCUT2D eigenvalue weighted by molar-refractivity contribution is 9.10. The van der Waals surface area contributed by atoms with Gasteiger partial charge >= 0.3 is 0 Å². The van der Waals surface area contributed by atoms with Gasteiger partial charge < -0.3 is 5.32 Å². The van der Waals surface area contributed by atoms with Crippen molar-refractivity contribution >= 4 is 33.0 Å². The molecule has 2 rings (SSSR count). The van der Waals surface area contributed by atoms with Crippen LogP contribution in [0.15, 0.2) is 28.1 Å². The van der Waals surface area contributed by atoms with Crippen LogP contribution in [0.25, 0.3) is 0 Å². The summed E-state index contributed by atoms with van der Waals surface area (Å²) in [5, 5.41) is 6.38. The molecular weight excluding hydrogens is 327 g/mol. The Balaban J connectivity index is 2.04. The summed E-state index contributed by atoms with van der Waals surface area (Å²) < 4.78 is 13.7. The molecule has 2 nitrogen and oxygen atoms in total. The molecule has 0 aliphatic rings. The van der Waals surface area contributed by atoms with Crippen LogP contribution in [0.3, 0.4) is 0 Å². The van der Waals surface area contributed by atoms with Gasteiger partial charge in [0.05, 0.1) is 12.2 Å². The van der Waals surface area contributed by atoms with Gasteiger partial charge in [0.1, 0.15) is 10.8 Å². The molecule has 1 heterocycles. The number of nitrogens with zero attached hydrogens (tertiary/aromatic N) is 1. The summed E-state index contributed by atoms with van der Waals surface area (Å²) in [6.07, 6.45) is 0. The fourth-order valence-electron chi connectivity index (χ4n) is 1.54. The lowest BCUT2D eigenvalue weighted by Gasteiger charge is -2.14. The van der Waals surface area contributed by atoms with Gasteiger partial charge in [-0.3, -0.25) is 0 Å². The third-order valence-corrected chi connectivity index (χ3v) is 4.19. The highest BCUT2D eigenvalue weighted by atomic mass is 79.9. The van der Waals surface area contributed by atoms with Gasteiger partial charge in [-0.25, -0.2) is 9.37 Å². The topological polar surface area (TPSA) is 24.9 Å². The summed E-state index contributed by atoms with van der Waals surface area (Å²) in [5.41, 5.74) is 2.05. The van der Waals surface area contributed by atoms with Crippen LogP contribution in [0.4, 0.5) is 10.1 Å². The first-order valence-electron chi connectivity index (χ1n) is 6.00. The Bertz CT molecular complexity index is 575. The van der Waals surface area contributed by atoms with E-state index >= 15 is 0 Å². The Morgan fingerprint density at radius 2 is 2.11 bits per heavy atom. The quantitative estimate of drug-likeness (QED) is 0.853. The Labute approximate surface area is 125 Å². The zero-order valence-corrected chi connectivity index (χ0v) is 13.5. The van der Waals surface area contributed by atoms with Crippen LogP contribution in [0, 0.1) is 5.82 Å². The summed E-state index contributed by atoms with van der Waals surface area (Å²) in [5.74, 6) is -0.248. The SMILES string of the molecule is CC(C)(C)c1csc(CNc2ccc(F)cc2Br)n1. The molecule has 0 fully saturated rings. The van der Waals surface area contributed by atoms with Gasteiger partial charge in [-0.1, -0.05) is 20.8 Å². The molecule has 0 atom stereocenters. The van der Waals surface area contributed by atoms with Crippen molar-refractivity contribution in [2.45, 2.75) is 32.7 Å². The molecule has 0 bridgehead atoms. The Morgan fingerprint density at radius 1 is 1.37 bits per heavy atom. The van der Waals surface area contributed by atoms with Gasteiger partial charge in [0.25, 0.3) is 0 Å². The summed E-state index contributed by atoms with van der Waals surface area (Å²) in [4.78, 5) is 4.61. The van der Waals surface area contributed by atoms with E-state index in [1.807, 2.05) is 0 Å². The largest absolute Gasteiger partial charge is 0.378 e. The van der Waals surface area contributed by atoms with Crippen molar-refractivity contribution in [1.29, 1.82) is 0 Å². The number of hydrogen-bond donors (Lipinski definition) is 1. The van der Waals surface area contributed by atoms with Crippen LogP contribution in [0.1, 0.15) is 31.5 Å². The summed E-state index contributed by atoms with van der Waals surface area (Å²) in [7, 11) is 0. The molecule has 2 aromatic rings. The molecule has 1 N–H and O–H groups in total. The van der Waals surface area contributed by atoms with Crippen molar-refractivity contribution in [3.05, 3.63) is 44.6 Å². The van der Waals surface area contributed by atoms with Gasteiger partial charge in [-0.2, -0.15) is 0 Å². The smallest absolute Gasteiger partial charge is 0.124 e. The number of hydrogen-bond acceptors (Lipinski definition) is 3. The molecule has 0 amide bonds. The minimum absolute atomic E-state index is 0.0746. The first-order valence-corrected chi connectivity index (χ1v) is 7.67. The van der Waals surface area contributed by atoms with Crippen molar-refractivity contribution in [2.75, 3.05) is 5.32 Å². The second kappa shape index (κ2) is 5.59. The Hall–Kier alpha value is -0.940. The molecule has 1 aromatic carbocycles. The average molecular weight is 343 g/mol. The molecule has 0 saturated carbocycles. The first kappa shape index (κ1) is 14.5. The number of rotatable bonds is 3. The number of benzene rings is 1. The maximum absolute atomic E-state index is 13.0. The van der Waals surface area contributed by atoms with Gasteiger partial charge in [0.15, 0.2) is 0 Å². The molecule has 102 valence electrons. The zero-order chi connectivity index (χ0) is 14.0. The number of halogens is 2. The van der Waals surface area contributed by atoms with E-state index in [1.54, 1.807) is 17.4 Å². The molecule has 0 aliphatic carbocycles. The summed E-state index contributed by atoms with van der Waals surface area (Å²) in [6, 6.07) is 4.61. The van der Waals surface area contributed by atoms with Crippen LogP contribution < -0.4 is 5.32 Å². The van der Waals surface area contributed by atoms with Gasteiger partial charge in [0, 0.05) is 21.0 Å². The molecule has 0 saturated heterocycles. The first-order chi connectivity index (χ1) is 8.86. The van der Waals surface area contributed by atoms with Gasteiger partial charge in [0.2, 0.25) is 0 Å². The molecule has 0 spiro atoms. The fourth-order valence-corrected chi connectivity index (χ4v) is 2.99. The van der Waals surface area contributed by atoms with E-state index in [9.17, 15) is 4.39 Å². The minimum atomic E-state index is -0.248. The van der Waals surface area contributed by atoms with E-state index in [0.29, 0.717) is 6.54 Å². The van der Waals surface area contributed by atoms with Gasteiger partial charge in [-0.15, -0.1) is 11.3 Å². The molecule has 1 aromatic heterocycles. The van der Waals surface area contributed by atoms with Crippen LogP contribution in [-0.2, 0) is 12.0 Å². The Kier molecular flexibility index (Phi) is 4.26. The van der Waals surface area contributed by atoms with E-state index in [0.717, 1.165) is 20.9 Å². The maximum Gasteiger partial charge on any atom is 0.124 e. The van der Waals surface area contributed by atoms with Crippen LogP contribution in [-0.4, -0.2) is 4.98 Å². The number of anilines is 1. The maximum atomic E-state index is 13.0. The van der Waals surface area contributed by atoms with Crippen molar-refractivity contribution in [3.63, 3.8) is 0 Å². The van der Waals surface area contributed by atoms with Crippen LogP contribution in [0.2, 0.25) is 0 Å². The molecule has 5 heteroatoms. The monoisotopic (exact) mass is 342 g/mol. The third kappa shape index (κ3) is 3.76. The molecule has 0 radical (unpaired) electrons. The van der Waals surface area contributed by atoms with E-state index in [2.05, 4.69) is 52.4 Å². The average Bonchev–Trinajstić information content (AvgIpc) is 2.76. The lowest BCUT2D eigenvalue weighted by Crippen LogP contribution is -2.11. The van der Waals surface area contributed by atoms with Crippen molar-refractivity contribution in [1.82, 2.24) is 4.98 Å². The minimum Gasteiger partial charge on any atom is -0.378 e. The number of thiazole rings is 1. The molecule has 19 heavy (non-hydrogen) atoms. The normalized spacial score (nSPS) is 11.6. The summed E-state index contributed by atoms with van der Waals surface area (Å²) in [6.45, 7) is 7.09. The number of aromatic nitrogens is 1. The molecule has 0 aliphatic heterocycles. The van der Waals surface area contributed by atoms with Crippen molar-refractivity contribution < 1.29 is 4.39 Å².